The van der Waals surface area contributed by atoms with E-state index in [2.05, 4.69) is 0 Å². The molecule has 0 unspecified atom stereocenters. The molecule has 28 heavy (non-hydrogen) atoms. The van der Waals surface area contributed by atoms with Crippen LogP contribution in [0.5, 0.6) is 0 Å². The number of para-hydroxylation sites is 1. The first kappa shape index (κ1) is 19.9. The van der Waals surface area contributed by atoms with Crippen molar-refractivity contribution >= 4 is 32.6 Å². The van der Waals surface area contributed by atoms with E-state index in [1.54, 1.807) is 16.7 Å². The third-order valence-corrected chi connectivity index (χ3v) is 6.79. The van der Waals surface area contributed by atoms with Gasteiger partial charge < -0.3 is 15.4 Å². The zero-order valence-corrected chi connectivity index (χ0v) is 16.6. The number of nitrogens with zero attached hydrogens (tertiary/aromatic N) is 2. The van der Waals surface area contributed by atoms with Crippen LogP contribution in [0.4, 0.5) is 5.69 Å². The molecule has 3 aromatic rings. The Morgan fingerprint density at radius 2 is 1.79 bits per heavy atom. The summed E-state index contributed by atoms with van der Waals surface area (Å²) in [4.78, 5) is 11.4. The van der Waals surface area contributed by atoms with Crippen molar-refractivity contribution in [3.63, 3.8) is 0 Å². The van der Waals surface area contributed by atoms with Crippen LogP contribution < -0.4 is 5.73 Å². The van der Waals surface area contributed by atoms with Crippen molar-refractivity contribution in [1.82, 2.24) is 8.87 Å². The van der Waals surface area contributed by atoms with Crippen molar-refractivity contribution in [2.45, 2.75) is 24.8 Å². The predicted octanol–water partition coefficient (Wildman–Crippen LogP) is 2.48. The first-order valence-corrected chi connectivity index (χ1v) is 10.3. The number of nitrogen functional groups attached to an aromatic ring is 1. The quantitative estimate of drug-likeness (QED) is 0.592. The summed E-state index contributed by atoms with van der Waals surface area (Å²) in [5.74, 6) is -0.918. The van der Waals surface area contributed by atoms with E-state index in [9.17, 15) is 18.3 Å². The molecular weight excluding hydrogens is 378 g/mol. The van der Waals surface area contributed by atoms with Gasteiger partial charge in [0.05, 0.1) is 4.90 Å². The van der Waals surface area contributed by atoms with E-state index in [0.29, 0.717) is 12.1 Å². The number of rotatable bonds is 7. The van der Waals surface area contributed by atoms with Gasteiger partial charge >= 0.3 is 5.97 Å². The molecule has 0 fully saturated rings. The maximum absolute atomic E-state index is 12.8. The minimum atomic E-state index is -3.63. The highest BCUT2D eigenvalue weighted by atomic mass is 32.2. The molecule has 1 aromatic heterocycles. The second-order valence-corrected chi connectivity index (χ2v) is 8.75. The number of carbonyl (C=O) groups is 1. The maximum Gasteiger partial charge on any atom is 0.323 e. The number of sulfonamides is 1. The van der Waals surface area contributed by atoms with E-state index in [1.807, 2.05) is 31.2 Å². The Balaban J connectivity index is 1.88. The van der Waals surface area contributed by atoms with E-state index in [1.165, 1.54) is 23.5 Å². The number of aliphatic carboxylic acids is 1. The Kier molecular flexibility index (Phi) is 5.44. The van der Waals surface area contributed by atoms with Crippen LogP contribution in [0.3, 0.4) is 0 Å². The largest absolute Gasteiger partial charge is 0.480 e. The van der Waals surface area contributed by atoms with Crippen LogP contribution in [0.25, 0.3) is 10.9 Å². The molecular formula is C20H23N3O4S. The molecule has 0 radical (unpaired) electrons. The van der Waals surface area contributed by atoms with E-state index in [-0.39, 0.29) is 18.0 Å². The lowest BCUT2D eigenvalue weighted by molar-refractivity contribution is -0.137. The smallest absolute Gasteiger partial charge is 0.323 e. The van der Waals surface area contributed by atoms with Gasteiger partial charge in [-0.25, -0.2) is 12.7 Å². The van der Waals surface area contributed by atoms with Gasteiger partial charge in [0.15, 0.2) is 0 Å². The number of carboxylic acid groups (broad SMARTS) is 1. The average Bonchev–Trinajstić information content (AvgIpc) is 2.91. The number of benzene rings is 2. The molecule has 0 aliphatic carbocycles. The summed E-state index contributed by atoms with van der Waals surface area (Å²) in [6, 6.07) is 13.7. The first-order chi connectivity index (χ1) is 13.2. The topological polar surface area (TPSA) is 106 Å². The van der Waals surface area contributed by atoms with Gasteiger partial charge in [0.25, 0.3) is 0 Å². The Bertz CT molecular complexity index is 1120. The number of carboxylic acids is 1. The fourth-order valence-electron chi connectivity index (χ4n) is 3.37. The molecule has 1 heterocycles. The second-order valence-electron chi connectivity index (χ2n) is 6.71. The summed E-state index contributed by atoms with van der Waals surface area (Å²) < 4.78 is 28.6. The molecule has 7 nitrogen and oxygen atoms in total. The number of aromatic nitrogens is 1. The van der Waals surface area contributed by atoms with Crippen molar-refractivity contribution in [2.24, 2.45) is 0 Å². The van der Waals surface area contributed by atoms with Gasteiger partial charge in [-0.3, -0.25) is 4.79 Å². The molecule has 3 N–H and O–H groups in total. The number of anilines is 1. The molecule has 0 aliphatic heterocycles. The highest BCUT2D eigenvalue weighted by Gasteiger charge is 2.22. The number of nitrogens with two attached hydrogens (primary N) is 1. The van der Waals surface area contributed by atoms with Crippen molar-refractivity contribution in [1.29, 1.82) is 0 Å². The van der Waals surface area contributed by atoms with Crippen LogP contribution >= 0.6 is 0 Å². The van der Waals surface area contributed by atoms with E-state index >= 15 is 0 Å². The normalized spacial score (nSPS) is 12.0. The molecule has 3 rings (SSSR count). The summed E-state index contributed by atoms with van der Waals surface area (Å²) in [7, 11) is -2.09. The minimum Gasteiger partial charge on any atom is -0.480 e. The standard InChI is InChI=1S/C20H23N3O4S/c1-14-17(18-5-3-4-6-19(18)23(14)13-20(24)25)11-12-22(2)28(26,27)16-9-7-15(21)8-10-16/h3-10H,11-13,21H2,1-2H3,(H,24,25). The second kappa shape index (κ2) is 7.65. The highest BCUT2D eigenvalue weighted by molar-refractivity contribution is 7.89. The first-order valence-electron chi connectivity index (χ1n) is 8.82. The van der Waals surface area contributed by atoms with Crippen molar-refractivity contribution in [2.75, 3.05) is 19.3 Å². The fraction of sp³-hybridized carbons (Fsp3) is 0.250. The lowest BCUT2D eigenvalue weighted by atomic mass is 10.1. The molecule has 0 atom stereocenters. The maximum atomic E-state index is 12.8. The molecule has 8 heteroatoms. The Labute approximate surface area is 164 Å². The monoisotopic (exact) mass is 401 g/mol. The molecule has 2 aromatic carbocycles. The third-order valence-electron chi connectivity index (χ3n) is 4.92. The van der Waals surface area contributed by atoms with E-state index in [4.69, 9.17) is 5.73 Å². The summed E-state index contributed by atoms with van der Waals surface area (Å²) in [5.41, 5.74) is 8.76. The number of hydrogen-bond acceptors (Lipinski definition) is 4. The number of fused-ring (bicyclic) bond motifs is 1. The molecule has 0 spiro atoms. The molecule has 0 bridgehead atoms. The van der Waals surface area contributed by atoms with Gasteiger partial charge in [0.2, 0.25) is 10.0 Å². The summed E-state index contributed by atoms with van der Waals surface area (Å²) in [6.07, 6.45) is 0.476. The molecule has 148 valence electrons. The third kappa shape index (κ3) is 3.74. The van der Waals surface area contributed by atoms with Crippen molar-refractivity contribution < 1.29 is 18.3 Å². The predicted molar refractivity (Wildman–Crippen MR) is 109 cm³/mol. The summed E-state index contributed by atoms with van der Waals surface area (Å²) >= 11 is 0. The van der Waals surface area contributed by atoms with Gasteiger partial charge in [-0.1, -0.05) is 18.2 Å². The molecule has 0 aliphatic rings. The van der Waals surface area contributed by atoms with E-state index in [0.717, 1.165) is 22.2 Å². The van der Waals surface area contributed by atoms with Crippen LogP contribution in [-0.4, -0.2) is 42.0 Å². The van der Waals surface area contributed by atoms with Crippen LogP contribution in [0.2, 0.25) is 0 Å². The lowest BCUT2D eigenvalue weighted by Crippen LogP contribution is -2.29. The SMILES string of the molecule is Cc1c(CCN(C)S(=O)(=O)c2ccc(N)cc2)c2ccccc2n1CC(=O)O. The van der Waals surface area contributed by atoms with Crippen molar-refractivity contribution in [3.8, 4) is 0 Å². The van der Waals surface area contributed by atoms with Gasteiger partial charge in [-0.2, -0.15) is 0 Å². The van der Waals surface area contributed by atoms with Crippen LogP contribution in [-0.2, 0) is 27.8 Å². The Morgan fingerprint density at radius 1 is 1.14 bits per heavy atom. The van der Waals surface area contributed by atoms with Crippen LogP contribution in [0.1, 0.15) is 11.3 Å². The zero-order valence-electron chi connectivity index (χ0n) is 15.8. The van der Waals surface area contributed by atoms with Crippen LogP contribution in [0, 0.1) is 6.92 Å². The zero-order chi connectivity index (χ0) is 20.5. The molecule has 0 amide bonds. The van der Waals surface area contributed by atoms with Crippen LogP contribution in [0.15, 0.2) is 53.4 Å². The number of likely N-dealkylation sites (N-methyl/N-ethyl adjacent to an activating group) is 1. The fourth-order valence-corrected chi connectivity index (χ4v) is 4.54. The summed E-state index contributed by atoms with van der Waals surface area (Å²) in [5, 5.41) is 10.2. The summed E-state index contributed by atoms with van der Waals surface area (Å²) in [6.45, 7) is 2.01. The number of hydrogen-bond donors (Lipinski definition) is 2. The van der Waals surface area contributed by atoms with Gasteiger partial charge in [0.1, 0.15) is 6.54 Å². The van der Waals surface area contributed by atoms with Gasteiger partial charge in [-0.15, -0.1) is 0 Å². The Hall–Kier alpha value is -2.84. The van der Waals surface area contributed by atoms with E-state index < -0.39 is 16.0 Å². The minimum absolute atomic E-state index is 0.133. The van der Waals surface area contributed by atoms with Gasteiger partial charge in [0, 0.05) is 35.9 Å². The Morgan fingerprint density at radius 3 is 2.43 bits per heavy atom. The molecule has 0 saturated carbocycles. The highest BCUT2D eigenvalue weighted by Crippen LogP contribution is 2.27. The van der Waals surface area contributed by atoms with Crippen molar-refractivity contribution in [3.05, 3.63) is 59.8 Å². The molecule has 0 saturated heterocycles. The van der Waals surface area contributed by atoms with Gasteiger partial charge in [-0.05, 0) is 49.2 Å². The lowest BCUT2D eigenvalue weighted by Gasteiger charge is -2.17. The average molecular weight is 401 g/mol.